The van der Waals surface area contributed by atoms with Crippen molar-refractivity contribution in [2.75, 3.05) is 20.2 Å². The molecule has 0 saturated carbocycles. The maximum absolute atomic E-state index is 5.78. The van der Waals surface area contributed by atoms with E-state index in [1.807, 2.05) is 6.92 Å². The molecule has 0 amide bonds. The molecule has 0 aliphatic heterocycles. The van der Waals surface area contributed by atoms with Crippen LogP contribution in [-0.2, 0) is 5.41 Å². The van der Waals surface area contributed by atoms with E-state index in [0.29, 0.717) is 0 Å². The van der Waals surface area contributed by atoms with E-state index in [9.17, 15) is 0 Å². The second-order valence-electron chi connectivity index (χ2n) is 6.15. The number of benzene rings is 1. The molecule has 0 fully saturated rings. The summed E-state index contributed by atoms with van der Waals surface area (Å²) in [5.41, 5.74) is 9.58. The number of rotatable bonds is 6. The van der Waals surface area contributed by atoms with Crippen molar-refractivity contribution in [2.24, 2.45) is 5.73 Å². The first kappa shape index (κ1) is 16.0. The molecule has 0 radical (unpaired) electrons. The summed E-state index contributed by atoms with van der Waals surface area (Å²) in [6.45, 7) is 12.4. The Morgan fingerprint density at radius 2 is 1.95 bits per heavy atom. The van der Waals surface area contributed by atoms with Gasteiger partial charge in [0.05, 0.1) is 7.11 Å². The SMILES string of the molecule is COc1cc(C)cc(C)c1C(C)(C)CNCC(C)N. The van der Waals surface area contributed by atoms with Gasteiger partial charge >= 0.3 is 0 Å². The van der Waals surface area contributed by atoms with Gasteiger partial charge in [-0.3, -0.25) is 0 Å². The molecule has 0 aliphatic carbocycles. The van der Waals surface area contributed by atoms with Crippen LogP contribution in [0.4, 0.5) is 0 Å². The molecule has 0 aliphatic rings. The highest BCUT2D eigenvalue weighted by molar-refractivity contribution is 5.47. The Morgan fingerprint density at radius 1 is 1.32 bits per heavy atom. The van der Waals surface area contributed by atoms with Crippen molar-refractivity contribution in [1.82, 2.24) is 5.32 Å². The first-order valence-electron chi connectivity index (χ1n) is 6.90. The molecule has 1 aromatic rings. The van der Waals surface area contributed by atoms with Crippen LogP contribution in [-0.4, -0.2) is 26.2 Å². The molecular formula is C16H28N2O. The zero-order valence-corrected chi connectivity index (χ0v) is 13.1. The predicted octanol–water partition coefficient (Wildman–Crippen LogP) is 2.53. The van der Waals surface area contributed by atoms with Gasteiger partial charge in [-0.15, -0.1) is 0 Å². The van der Waals surface area contributed by atoms with Crippen LogP contribution in [0.1, 0.15) is 37.5 Å². The van der Waals surface area contributed by atoms with Crippen molar-refractivity contribution in [3.63, 3.8) is 0 Å². The van der Waals surface area contributed by atoms with E-state index in [2.05, 4.69) is 45.1 Å². The lowest BCUT2D eigenvalue weighted by atomic mass is 9.80. The van der Waals surface area contributed by atoms with Gasteiger partial charge in [-0.1, -0.05) is 19.9 Å². The highest BCUT2D eigenvalue weighted by atomic mass is 16.5. The van der Waals surface area contributed by atoms with Gasteiger partial charge in [-0.25, -0.2) is 0 Å². The topological polar surface area (TPSA) is 47.3 Å². The molecule has 0 bridgehead atoms. The molecule has 0 heterocycles. The Balaban J connectivity index is 2.99. The van der Waals surface area contributed by atoms with Crippen molar-refractivity contribution in [2.45, 2.75) is 46.1 Å². The first-order chi connectivity index (χ1) is 8.77. The highest BCUT2D eigenvalue weighted by Gasteiger charge is 2.26. The van der Waals surface area contributed by atoms with Crippen molar-refractivity contribution in [3.05, 3.63) is 28.8 Å². The molecule has 3 N–H and O–H groups in total. The zero-order valence-electron chi connectivity index (χ0n) is 13.1. The van der Waals surface area contributed by atoms with Crippen LogP contribution in [0.2, 0.25) is 0 Å². The lowest BCUT2D eigenvalue weighted by Crippen LogP contribution is -2.39. The summed E-state index contributed by atoms with van der Waals surface area (Å²) in [5.74, 6) is 0.977. The van der Waals surface area contributed by atoms with Gasteiger partial charge in [0, 0.05) is 30.1 Å². The number of hydrogen-bond donors (Lipinski definition) is 2. The molecule has 1 atom stereocenters. The van der Waals surface area contributed by atoms with Gasteiger partial charge in [-0.2, -0.15) is 0 Å². The van der Waals surface area contributed by atoms with E-state index in [0.717, 1.165) is 18.8 Å². The molecule has 19 heavy (non-hydrogen) atoms. The average molecular weight is 264 g/mol. The van der Waals surface area contributed by atoms with Gasteiger partial charge in [0.15, 0.2) is 0 Å². The quantitative estimate of drug-likeness (QED) is 0.830. The maximum atomic E-state index is 5.78. The van der Waals surface area contributed by atoms with Crippen molar-refractivity contribution in [1.29, 1.82) is 0 Å². The van der Waals surface area contributed by atoms with Crippen LogP contribution < -0.4 is 15.8 Å². The minimum absolute atomic E-state index is 0.0119. The first-order valence-corrected chi connectivity index (χ1v) is 6.90. The average Bonchev–Trinajstić information content (AvgIpc) is 2.26. The summed E-state index contributed by atoms with van der Waals surface area (Å²) in [5, 5.41) is 3.44. The Morgan fingerprint density at radius 3 is 2.47 bits per heavy atom. The molecule has 3 nitrogen and oxygen atoms in total. The third-order valence-electron chi connectivity index (χ3n) is 3.37. The smallest absolute Gasteiger partial charge is 0.123 e. The molecule has 3 heteroatoms. The molecule has 1 rings (SSSR count). The number of ether oxygens (including phenoxy) is 1. The maximum Gasteiger partial charge on any atom is 0.123 e. The Bertz CT molecular complexity index is 425. The van der Waals surface area contributed by atoms with Gasteiger partial charge in [0.2, 0.25) is 0 Å². The number of aryl methyl sites for hydroxylation is 2. The summed E-state index contributed by atoms with van der Waals surface area (Å²) in [6, 6.07) is 4.50. The monoisotopic (exact) mass is 264 g/mol. The fourth-order valence-corrected chi connectivity index (χ4v) is 2.66. The number of methoxy groups -OCH3 is 1. The van der Waals surface area contributed by atoms with E-state index in [4.69, 9.17) is 10.5 Å². The molecule has 1 unspecified atom stereocenters. The van der Waals surface area contributed by atoms with Gasteiger partial charge < -0.3 is 15.8 Å². The molecular weight excluding hydrogens is 236 g/mol. The summed E-state index contributed by atoms with van der Waals surface area (Å²) in [6.07, 6.45) is 0. The second-order valence-corrected chi connectivity index (χ2v) is 6.15. The highest BCUT2D eigenvalue weighted by Crippen LogP contribution is 2.35. The fourth-order valence-electron chi connectivity index (χ4n) is 2.66. The molecule has 0 saturated heterocycles. The fraction of sp³-hybridized carbons (Fsp3) is 0.625. The number of nitrogens with one attached hydrogen (secondary N) is 1. The van der Waals surface area contributed by atoms with E-state index in [1.54, 1.807) is 7.11 Å². The standard InChI is InChI=1S/C16H28N2O/c1-11-7-12(2)15(14(8-11)19-6)16(4,5)10-18-9-13(3)17/h7-8,13,18H,9-10,17H2,1-6H3. The third kappa shape index (κ3) is 4.22. The van der Waals surface area contributed by atoms with Crippen molar-refractivity contribution < 1.29 is 4.74 Å². The molecule has 1 aromatic carbocycles. The second kappa shape index (κ2) is 6.40. The van der Waals surface area contributed by atoms with E-state index in [1.165, 1.54) is 16.7 Å². The number of nitrogens with two attached hydrogens (primary N) is 1. The van der Waals surface area contributed by atoms with Crippen LogP contribution in [0.15, 0.2) is 12.1 Å². The van der Waals surface area contributed by atoms with Crippen LogP contribution in [0.25, 0.3) is 0 Å². The van der Waals surface area contributed by atoms with E-state index in [-0.39, 0.29) is 11.5 Å². The summed E-state index contributed by atoms with van der Waals surface area (Å²) >= 11 is 0. The van der Waals surface area contributed by atoms with Crippen LogP contribution in [0.5, 0.6) is 5.75 Å². The Labute approximate surface area is 117 Å². The van der Waals surface area contributed by atoms with Gasteiger partial charge in [0.1, 0.15) is 5.75 Å². The Hall–Kier alpha value is -1.06. The summed E-state index contributed by atoms with van der Waals surface area (Å²) in [7, 11) is 1.74. The lowest BCUT2D eigenvalue weighted by molar-refractivity contribution is 0.383. The number of hydrogen-bond acceptors (Lipinski definition) is 3. The molecule has 0 aromatic heterocycles. The van der Waals surface area contributed by atoms with Crippen LogP contribution in [0, 0.1) is 13.8 Å². The minimum atomic E-state index is 0.0119. The normalized spacial score (nSPS) is 13.4. The van der Waals surface area contributed by atoms with Gasteiger partial charge in [0.25, 0.3) is 0 Å². The van der Waals surface area contributed by atoms with Crippen molar-refractivity contribution in [3.8, 4) is 5.75 Å². The Kier molecular flexibility index (Phi) is 5.39. The molecule has 0 spiro atoms. The van der Waals surface area contributed by atoms with Crippen molar-refractivity contribution >= 4 is 0 Å². The van der Waals surface area contributed by atoms with E-state index < -0.39 is 0 Å². The third-order valence-corrected chi connectivity index (χ3v) is 3.37. The predicted molar refractivity (Wildman–Crippen MR) is 82.0 cm³/mol. The van der Waals surface area contributed by atoms with E-state index >= 15 is 0 Å². The van der Waals surface area contributed by atoms with Crippen LogP contribution in [0.3, 0.4) is 0 Å². The summed E-state index contributed by atoms with van der Waals surface area (Å²) < 4.78 is 5.57. The largest absolute Gasteiger partial charge is 0.496 e. The lowest BCUT2D eigenvalue weighted by Gasteiger charge is -2.30. The minimum Gasteiger partial charge on any atom is -0.496 e. The van der Waals surface area contributed by atoms with Gasteiger partial charge in [-0.05, 0) is 38.0 Å². The van der Waals surface area contributed by atoms with Crippen LogP contribution >= 0.6 is 0 Å². The summed E-state index contributed by atoms with van der Waals surface area (Å²) in [4.78, 5) is 0. The zero-order chi connectivity index (χ0) is 14.6. The molecule has 108 valence electrons.